The van der Waals surface area contributed by atoms with Crippen LogP contribution in [-0.2, 0) is 9.59 Å². The van der Waals surface area contributed by atoms with E-state index >= 15 is 0 Å². The van der Waals surface area contributed by atoms with Crippen LogP contribution in [0.2, 0.25) is 0 Å². The number of hydrogen-bond acceptors (Lipinski definition) is 3. The number of aliphatic carboxylic acids is 2. The highest BCUT2D eigenvalue weighted by molar-refractivity contribution is 8.00. The van der Waals surface area contributed by atoms with Gasteiger partial charge in [-0.3, -0.25) is 9.59 Å². The van der Waals surface area contributed by atoms with Crippen molar-refractivity contribution in [3.8, 4) is 0 Å². The summed E-state index contributed by atoms with van der Waals surface area (Å²) in [6.45, 7) is 4.14. The molecule has 0 rings (SSSR count). The zero-order valence-corrected chi connectivity index (χ0v) is 12.8. The SMILES string of the molecule is CCCCCCC(CC)(CC(=O)O)SCCC(=O)O. The van der Waals surface area contributed by atoms with Crippen molar-refractivity contribution in [2.45, 2.75) is 70.0 Å². The molecule has 19 heavy (non-hydrogen) atoms. The molecular formula is C14H26O4S. The average molecular weight is 290 g/mol. The molecule has 0 aliphatic rings. The van der Waals surface area contributed by atoms with Crippen LogP contribution in [0, 0.1) is 0 Å². The summed E-state index contributed by atoms with van der Waals surface area (Å²) < 4.78 is -0.297. The largest absolute Gasteiger partial charge is 0.481 e. The van der Waals surface area contributed by atoms with Gasteiger partial charge in [-0.2, -0.15) is 11.8 Å². The maximum atomic E-state index is 11.0. The van der Waals surface area contributed by atoms with E-state index < -0.39 is 11.9 Å². The van der Waals surface area contributed by atoms with Crippen molar-refractivity contribution in [2.24, 2.45) is 0 Å². The van der Waals surface area contributed by atoms with Gasteiger partial charge in [-0.05, 0) is 12.8 Å². The number of unbranched alkanes of at least 4 members (excludes halogenated alkanes) is 3. The van der Waals surface area contributed by atoms with Crippen molar-refractivity contribution in [1.29, 1.82) is 0 Å². The minimum Gasteiger partial charge on any atom is -0.481 e. The fourth-order valence-electron chi connectivity index (χ4n) is 2.12. The number of carbonyl (C=O) groups is 2. The molecule has 112 valence electrons. The predicted molar refractivity (Wildman–Crippen MR) is 78.7 cm³/mol. The lowest BCUT2D eigenvalue weighted by atomic mass is 9.94. The molecule has 0 saturated carbocycles. The molecule has 0 heterocycles. The molecule has 5 heteroatoms. The Morgan fingerprint density at radius 1 is 1.05 bits per heavy atom. The van der Waals surface area contributed by atoms with E-state index in [0.717, 1.165) is 32.1 Å². The second kappa shape index (κ2) is 10.1. The van der Waals surface area contributed by atoms with Crippen molar-refractivity contribution < 1.29 is 19.8 Å². The minimum atomic E-state index is -0.821. The van der Waals surface area contributed by atoms with E-state index in [0.29, 0.717) is 5.75 Å². The van der Waals surface area contributed by atoms with Crippen molar-refractivity contribution in [3.05, 3.63) is 0 Å². The van der Waals surface area contributed by atoms with Crippen molar-refractivity contribution in [3.63, 3.8) is 0 Å². The lowest BCUT2D eigenvalue weighted by Gasteiger charge is -2.30. The molecular weight excluding hydrogens is 264 g/mol. The molecule has 0 bridgehead atoms. The van der Waals surface area contributed by atoms with E-state index in [2.05, 4.69) is 6.92 Å². The topological polar surface area (TPSA) is 74.6 Å². The highest BCUT2D eigenvalue weighted by Crippen LogP contribution is 2.38. The fraction of sp³-hybridized carbons (Fsp3) is 0.857. The molecule has 1 unspecified atom stereocenters. The molecule has 2 N–H and O–H groups in total. The van der Waals surface area contributed by atoms with Gasteiger partial charge in [-0.1, -0.05) is 39.5 Å². The number of carboxylic acid groups (broad SMARTS) is 2. The van der Waals surface area contributed by atoms with Gasteiger partial charge in [0.1, 0.15) is 0 Å². The Balaban J connectivity index is 4.39. The summed E-state index contributed by atoms with van der Waals surface area (Å²) in [4.78, 5) is 21.6. The van der Waals surface area contributed by atoms with E-state index in [4.69, 9.17) is 10.2 Å². The smallest absolute Gasteiger partial charge is 0.304 e. The second-order valence-corrected chi connectivity index (χ2v) is 6.47. The zero-order chi connectivity index (χ0) is 14.7. The molecule has 0 aliphatic carbocycles. The first-order valence-corrected chi connectivity index (χ1v) is 8.02. The molecule has 0 aromatic carbocycles. The number of carboxylic acids is 2. The van der Waals surface area contributed by atoms with Gasteiger partial charge in [0.25, 0.3) is 0 Å². The van der Waals surface area contributed by atoms with E-state index in [-0.39, 0.29) is 17.6 Å². The fourth-order valence-corrected chi connectivity index (χ4v) is 3.55. The lowest BCUT2D eigenvalue weighted by Crippen LogP contribution is -2.28. The van der Waals surface area contributed by atoms with Crippen molar-refractivity contribution >= 4 is 23.7 Å². The van der Waals surface area contributed by atoms with Crippen LogP contribution in [-0.4, -0.2) is 32.7 Å². The Labute approximate surface area is 120 Å². The summed E-state index contributed by atoms with van der Waals surface area (Å²) in [6.07, 6.45) is 6.33. The minimum absolute atomic E-state index is 0.0982. The third kappa shape index (κ3) is 8.92. The molecule has 0 fully saturated rings. The van der Waals surface area contributed by atoms with E-state index in [1.807, 2.05) is 6.92 Å². The van der Waals surface area contributed by atoms with E-state index in [1.165, 1.54) is 18.2 Å². The Morgan fingerprint density at radius 2 is 1.74 bits per heavy atom. The first-order chi connectivity index (χ1) is 8.95. The third-order valence-electron chi connectivity index (χ3n) is 3.33. The van der Waals surface area contributed by atoms with Crippen molar-refractivity contribution in [1.82, 2.24) is 0 Å². The maximum Gasteiger partial charge on any atom is 0.304 e. The zero-order valence-electron chi connectivity index (χ0n) is 12.0. The predicted octanol–water partition coefficient (Wildman–Crippen LogP) is 3.79. The third-order valence-corrected chi connectivity index (χ3v) is 4.99. The number of rotatable bonds is 12. The number of hydrogen-bond donors (Lipinski definition) is 2. The molecule has 0 radical (unpaired) electrons. The molecule has 0 amide bonds. The monoisotopic (exact) mass is 290 g/mol. The van der Waals surface area contributed by atoms with Gasteiger partial charge in [0.2, 0.25) is 0 Å². The molecule has 0 aromatic rings. The summed E-state index contributed by atoms with van der Waals surface area (Å²) in [7, 11) is 0. The Bertz CT molecular complexity index is 281. The van der Waals surface area contributed by atoms with Crippen LogP contribution < -0.4 is 0 Å². The van der Waals surface area contributed by atoms with E-state index in [9.17, 15) is 9.59 Å². The van der Waals surface area contributed by atoms with Gasteiger partial charge in [0.15, 0.2) is 0 Å². The molecule has 0 aromatic heterocycles. The van der Waals surface area contributed by atoms with Crippen LogP contribution in [0.25, 0.3) is 0 Å². The molecule has 0 spiro atoms. The molecule has 0 aliphatic heterocycles. The molecule has 1 atom stereocenters. The van der Waals surface area contributed by atoms with Gasteiger partial charge < -0.3 is 10.2 Å². The summed E-state index contributed by atoms with van der Waals surface area (Å²) in [5, 5.41) is 17.7. The normalized spacial score (nSPS) is 14.0. The summed E-state index contributed by atoms with van der Waals surface area (Å²) >= 11 is 1.52. The maximum absolute atomic E-state index is 11.0. The summed E-state index contributed by atoms with van der Waals surface area (Å²) in [5.74, 6) is -1.12. The lowest BCUT2D eigenvalue weighted by molar-refractivity contribution is -0.138. The van der Waals surface area contributed by atoms with Gasteiger partial charge in [0, 0.05) is 10.5 Å². The van der Waals surface area contributed by atoms with Crippen LogP contribution in [0.1, 0.15) is 65.2 Å². The summed E-state index contributed by atoms with van der Waals surface area (Å²) in [6, 6.07) is 0. The quantitative estimate of drug-likeness (QED) is 0.535. The van der Waals surface area contributed by atoms with Gasteiger partial charge in [0.05, 0.1) is 12.8 Å². The first kappa shape index (κ1) is 18.3. The Hall–Kier alpha value is -0.710. The van der Waals surface area contributed by atoms with E-state index in [1.54, 1.807) is 0 Å². The van der Waals surface area contributed by atoms with Crippen molar-refractivity contribution in [2.75, 3.05) is 5.75 Å². The highest BCUT2D eigenvalue weighted by Gasteiger charge is 2.31. The van der Waals surface area contributed by atoms with Crippen LogP contribution in [0.15, 0.2) is 0 Å². The average Bonchev–Trinajstić information content (AvgIpc) is 2.33. The van der Waals surface area contributed by atoms with Crippen LogP contribution in [0.3, 0.4) is 0 Å². The molecule has 4 nitrogen and oxygen atoms in total. The van der Waals surface area contributed by atoms with Gasteiger partial charge in [-0.25, -0.2) is 0 Å². The summed E-state index contributed by atoms with van der Waals surface area (Å²) in [5.41, 5.74) is 0. The van der Waals surface area contributed by atoms with Gasteiger partial charge in [-0.15, -0.1) is 0 Å². The highest BCUT2D eigenvalue weighted by atomic mass is 32.2. The van der Waals surface area contributed by atoms with Crippen LogP contribution in [0.5, 0.6) is 0 Å². The van der Waals surface area contributed by atoms with Gasteiger partial charge >= 0.3 is 11.9 Å². The first-order valence-electron chi connectivity index (χ1n) is 7.03. The number of thioether (sulfide) groups is 1. The Kier molecular flexibility index (Phi) is 9.74. The molecule has 0 saturated heterocycles. The Morgan fingerprint density at radius 3 is 2.21 bits per heavy atom. The standard InChI is InChI=1S/C14H26O4S/c1-3-5-6-7-9-14(4-2,11-13(17)18)19-10-8-12(15)16/h3-11H2,1-2H3,(H,15,16)(H,17,18). The van der Waals surface area contributed by atoms with Crippen LogP contribution in [0.4, 0.5) is 0 Å². The second-order valence-electron chi connectivity index (χ2n) is 4.91. The van der Waals surface area contributed by atoms with Crippen LogP contribution >= 0.6 is 11.8 Å².